The lowest BCUT2D eigenvalue weighted by molar-refractivity contribution is 0.0613. The summed E-state index contributed by atoms with van der Waals surface area (Å²) >= 11 is 1.71. The van der Waals surface area contributed by atoms with Crippen molar-refractivity contribution in [3.63, 3.8) is 0 Å². The van der Waals surface area contributed by atoms with Crippen molar-refractivity contribution >= 4 is 17.7 Å². The molecule has 3 rings (SSSR count). The van der Waals surface area contributed by atoms with Gasteiger partial charge in [-0.2, -0.15) is 16.9 Å². The number of rotatable bonds is 4. The lowest BCUT2D eigenvalue weighted by Gasteiger charge is -2.21. The van der Waals surface area contributed by atoms with Gasteiger partial charge in [-0.1, -0.05) is 30.3 Å². The van der Waals surface area contributed by atoms with E-state index in [2.05, 4.69) is 15.5 Å². The van der Waals surface area contributed by atoms with Gasteiger partial charge in [-0.15, -0.1) is 0 Å². The Kier molecular flexibility index (Phi) is 3.98. The summed E-state index contributed by atoms with van der Waals surface area (Å²) in [6.07, 6.45) is 2.24. The summed E-state index contributed by atoms with van der Waals surface area (Å²) in [6, 6.07) is 9.59. The number of aromatic nitrogens is 2. The van der Waals surface area contributed by atoms with Gasteiger partial charge in [0.15, 0.2) is 0 Å². The van der Waals surface area contributed by atoms with E-state index in [4.69, 9.17) is 0 Å². The summed E-state index contributed by atoms with van der Waals surface area (Å²) in [4.78, 5) is 12.3. The minimum atomic E-state index is -0.781. The average molecular weight is 303 g/mol. The van der Waals surface area contributed by atoms with Gasteiger partial charge >= 0.3 is 0 Å². The maximum atomic E-state index is 12.3. The number of aliphatic hydroxyl groups is 1. The van der Waals surface area contributed by atoms with Crippen LogP contribution in [0.3, 0.4) is 0 Å². The molecule has 0 aliphatic carbocycles. The van der Waals surface area contributed by atoms with Crippen LogP contribution < -0.4 is 5.32 Å². The summed E-state index contributed by atoms with van der Waals surface area (Å²) in [6.45, 7) is 0.276. The number of carbonyl (C=O) groups is 1. The van der Waals surface area contributed by atoms with E-state index in [0.717, 1.165) is 17.7 Å². The molecule has 3 N–H and O–H groups in total. The van der Waals surface area contributed by atoms with Crippen molar-refractivity contribution in [1.82, 2.24) is 15.5 Å². The van der Waals surface area contributed by atoms with Crippen molar-refractivity contribution in [1.29, 1.82) is 0 Å². The third-order valence-electron chi connectivity index (χ3n) is 3.61. The van der Waals surface area contributed by atoms with Crippen molar-refractivity contribution in [2.75, 3.05) is 18.1 Å². The Morgan fingerprint density at radius 2 is 2.24 bits per heavy atom. The summed E-state index contributed by atoms with van der Waals surface area (Å²) in [5.41, 5.74) is 1.32. The fourth-order valence-electron chi connectivity index (χ4n) is 2.36. The fraction of sp³-hybridized carbons (Fsp3) is 0.333. The van der Waals surface area contributed by atoms with Crippen molar-refractivity contribution < 1.29 is 9.90 Å². The van der Waals surface area contributed by atoms with Gasteiger partial charge in [0.25, 0.3) is 5.91 Å². The van der Waals surface area contributed by atoms with E-state index in [0.29, 0.717) is 17.0 Å². The van der Waals surface area contributed by atoms with Gasteiger partial charge in [-0.3, -0.25) is 9.89 Å². The largest absolute Gasteiger partial charge is 0.387 e. The van der Waals surface area contributed by atoms with Crippen LogP contribution in [0.2, 0.25) is 0 Å². The Morgan fingerprint density at radius 1 is 1.43 bits per heavy atom. The first-order chi connectivity index (χ1) is 10.2. The molecule has 0 spiro atoms. The van der Waals surface area contributed by atoms with E-state index >= 15 is 0 Å². The zero-order valence-corrected chi connectivity index (χ0v) is 12.3. The molecule has 1 aromatic heterocycles. The molecule has 2 heterocycles. The lowest BCUT2D eigenvalue weighted by atomic mass is 10.0. The molecule has 110 valence electrons. The van der Waals surface area contributed by atoms with Crippen LogP contribution in [0.4, 0.5) is 0 Å². The summed E-state index contributed by atoms with van der Waals surface area (Å²) in [5, 5.41) is 19.9. The first kappa shape index (κ1) is 14.2. The van der Waals surface area contributed by atoms with Crippen LogP contribution in [0.1, 0.15) is 16.8 Å². The molecule has 1 fully saturated rings. The number of thioether (sulfide) groups is 1. The number of hydrogen-bond acceptors (Lipinski definition) is 4. The number of amides is 1. The molecule has 0 unspecified atom stereocenters. The molecular formula is C15H17N3O2S. The van der Waals surface area contributed by atoms with E-state index in [1.807, 2.05) is 30.3 Å². The maximum absolute atomic E-state index is 12.3. The minimum Gasteiger partial charge on any atom is -0.387 e. The van der Waals surface area contributed by atoms with Gasteiger partial charge in [0, 0.05) is 17.9 Å². The van der Waals surface area contributed by atoms with Crippen LogP contribution in [-0.4, -0.2) is 44.9 Å². The third-order valence-corrected chi connectivity index (χ3v) is 4.84. The summed E-state index contributed by atoms with van der Waals surface area (Å²) in [7, 11) is 0. The number of carbonyl (C=O) groups excluding carboxylic acids is 1. The highest BCUT2D eigenvalue weighted by Crippen LogP contribution is 2.27. The lowest BCUT2D eigenvalue weighted by Crippen LogP contribution is -2.43. The molecule has 21 heavy (non-hydrogen) atoms. The standard InChI is InChI=1S/C15H17N3O2S/c19-14(16-9-15(20)6-7-21-10-15)12-8-17-18-13(12)11-4-2-1-3-5-11/h1-5,8,20H,6-7,9-10H2,(H,16,19)(H,17,18)/t15-/m1/s1. The Labute approximate surface area is 127 Å². The Hall–Kier alpha value is -1.79. The number of nitrogens with zero attached hydrogens (tertiary/aromatic N) is 1. The van der Waals surface area contributed by atoms with Crippen LogP contribution in [-0.2, 0) is 0 Å². The van der Waals surface area contributed by atoms with E-state index in [1.165, 1.54) is 6.20 Å². The Bertz CT molecular complexity index is 621. The molecule has 5 nitrogen and oxygen atoms in total. The second kappa shape index (κ2) is 5.91. The summed E-state index contributed by atoms with van der Waals surface area (Å²) < 4.78 is 0. The number of nitrogens with one attached hydrogen (secondary N) is 2. The second-order valence-corrected chi connectivity index (χ2v) is 6.34. The van der Waals surface area contributed by atoms with Crippen molar-refractivity contribution in [3.05, 3.63) is 42.1 Å². The second-order valence-electron chi connectivity index (χ2n) is 5.23. The molecule has 6 heteroatoms. The third kappa shape index (κ3) is 3.11. The fourth-order valence-corrected chi connectivity index (χ4v) is 3.65. The van der Waals surface area contributed by atoms with Gasteiger partial charge in [-0.05, 0) is 12.2 Å². The highest BCUT2D eigenvalue weighted by atomic mass is 32.2. The first-order valence-corrected chi connectivity index (χ1v) is 8.01. The quantitative estimate of drug-likeness (QED) is 0.803. The molecule has 1 saturated heterocycles. The van der Waals surface area contributed by atoms with Gasteiger partial charge in [0.05, 0.1) is 23.1 Å². The minimum absolute atomic E-state index is 0.215. The molecule has 1 atom stereocenters. The average Bonchev–Trinajstić information content (AvgIpc) is 3.15. The van der Waals surface area contributed by atoms with Crippen molar-refractivity contribution in [2.45, 2.75) is 12.0 Å². The first-order valence-electron chi connectivity index (χ1n) is 6.85. The van der Waals surface area contributed by atoms with Crippen molar-refractivity contribution in [3.8, 4) is 11.3 Å². The molecular weight excluding hydrogens is 286 g/mol. The molecule has 0 bridgehead atoms. The molecule has 0 saturated carbocycles. The predicted molar refractivity (Wildman–Crippen MR) is 83.2 cm³/mol. The molecule has 2 aromatic rings. The molecule has 1 aliphatic heterocycles. The molecule has 0 radical (unpaired) electrons. The normalized spacial score (nSPS) is 21.4. The van der Waals surface area contributed by atoms with Crippen LogP contribution >= 0.6 is 11.8 Å². The van der Waals surface area contributed by atoms with E-state index in [9.17, 15) is 9.90 Å². The van der Waals surface area contributed by atoms with Crippen LogP contribution in [0, 0.1) is 0 Å². The number of benzene rings is 1. The predicted octanol–water partition coefficient (Wildman–Crippen LogP) is 1.67. The van der Waals surface area contributed by atoms with Gasteiger partial charge in [-0.25, -0.2) is 0 Å². The SMILES string of the molecule is O=C(NC[C@]1(O)CCSC1)c1cn[nH]c1-c1ccccc1. The highest BCUT2D eigenvalue weighted by molar-refractivity contribution is 7.99. The van der Waals surface area contributed by atoms with Crippen LogP contribution in [0.15, 0.2) is 36.5 Å². The maximum Gasteiger partial charge on any atom is 0.255 e. The number of aromatic amines is 1. The van der Waals surface area contributed by atoms with Crippen LogP contribution in [0.5, 0.6) is 0 Å². The summed E-state index contributed by atoms with van der Waals surface area (Å²) in [5.74, 6) is 1.39. The van der Waals surface area contributed by atoms with E-state index in [-0.39, 0.29) is 12.5 Å². The zero-order chi connectivity index (χ0) is 14.7. The van der Waals surface area contributed by atoms with Crippen molar-refractivity contribution in [2.24, 2.45) is 0 Å². The van der Waals surface area contributed by atoms with E-state index < -0.39 is 5.60 Å². The molecule has 1 aliphatic rings. The van der Waals surface area contributed by atoms with Gasteiger partial charge in [0.1, 0.15) is 0 Å². The van der Waals surface area contributed by atoms with Gasteiger partial charge in [0.2, 0.25) is 0 Å². The molecule has 1 amide bonds. The monoisotopic (exact) mass is 303 g/mol. The van der Waals surface area contributed by atoms with Crippen LogP contribution in [0.25, 0.3) is 11.3 Å². The smallest absolute Gasteiger partial charge is 0.255 e. The molecule has 1 aromatic carbocycles. The number of hydrogen-bond donors (Lipinski definition) is 3. The Morgan fingerprint density at radius 3 is 2.95 bits per heavy atom. The van der Waals surface area contributed by atoms with Gasteiger partial charge < -0.3 is 10.4 Å². The zero-order valence-electron chi connectivity index (χ0n) is 11.5. The van der Waals surface area contributed by atoms with E-state index in [1.54, 1.807) is 11.8 Å². The number of H-pyrrole nitrogens is 1. The Balaban J connectivity index is 1.72. The topological polar surface area (TPSA) is 78.0 Å². The highest BCUT2D eigenvalue weighted by Gasteiger charge is 2.32.